The Morgan fingerprint density at radius 1 is 0.902 bits per heavy atom. The van der Waals surface area contributed by atoms with Crippen LogP contribution in [0.25, 0.3) is 10.8 Å². The topological polar surface area (TPSA) is 133 Å². The molecule has 41 heavy (non-hydrogen) atoms. The van der Waals surface area contributed by atoms with Gasteiger partial charge in [-0.25, -0.2) is 4.79 Å². The summed E-state index contributed by atoms with van der Waals surface area (Å²) in [6.45, 7) is 0. The number of nitro benzene ring substituents is 1. The molecular formula is C29H17F3N2O7. The minimum absolute atomic E-state index is 0.0239. The number of ether oxygens (including phenoxy) is 1. The molecule has 1 aliphatic heterocycles. The van der Waals surface area contributed by atoms with Crippen molar-refractivity contribution in [1.29, 1.82) is 0 Å². The molecule has 1 N–H and O–H groups in total. The number of nitrogens with one attached hydrogen (secondary N) is 1. The number of benzene rings is 4. The summed E-state index contributed by atoms with van der Waals surface area (Å²) < 4.78 is 44.6. The van der Waals surface area contributed by atoms with E-state index in [1.807, 2.05) is 5.32 Å². The van der Waals surface area contributed by atoms with Gasteiger partial charge in [0.15, 0.2) is 5.78 Å². The van der Waals surface area contributed by atoms with Crippen molar-refractivity contribution in [3.8, 4) is 0 Å². The number of fused-ring (bicyclic) bond motifs is 2. The van der Waals surface area contributed by atoms with Gasteiger partial charge >= 0.3 is 12.1 Å². The molecule has 12 heteroatoms. The van der Waals surface area contributed by atoms with Crippen molar-refractivity contribution in [3.63, 3.8) is 0 Å². The predicted octanol–water partition coefficient (Wildman–Crippen LogP) is 5.69. The molecular weight excluding hydrogens is 545 g/mol. The summed E-state index contributed by atoms with van der Waals surface area (Å²) in [7, 11) is 0. The van der Waals surface area contributed by atoms with E-state index in [0.717, 1.165) is 5.39 Å². The standard InChI is InChI=1S/C29H17F3N2O7/c30-29(31,32)18-11-12-21(22(14-18)34(39)40)33-27(37)25(36)23(26-19-7-3-4-8-20(19)28(38)41-26)24(35)17-10-9-15-5-1-2-6-16(15)13-17/h1-14,23,26H,(H,33,37)/t23-,26+/m1/s1. The number of nitrogens with zero attached hydrogens (tertiary/aromatic N) is 1. The smallest absolute Gasteiger partial charge is 0.416 e. The lowest BCUT2D eigenvalue weighted by Gasteiger charge is -2.21. The van der Waals surface area contributed by atoms with E-state index in [1.165, 1.54) is 24.3 Å². The molecule has 206 valence electrons. The highest BCUT2D eigenvalue weighted by atomic mass is 19.4. The van der Waals surface area contributed by atoms with E-state index in [2.05, 4.69) is 0 Å². The number of rotatable bonds is 7. The number of hydrogen-bond acceptors (Lipinski definition) is 7. The van der Waals surface area contributed by atoms with Crippen molar-refractivity contribution in [2.45, 2.75) is 12.3 Å². The van der Waals surface area contributed by atoms with E-state index in [9.17, 15) is 42.5 Å². The number of nitro groups is 1. The Bertz CT molecular complexity index is 1770. The van der Waals surface area contributed by atoms with Gasteiger partial charge in [0.25, 0.3) is 11.6 Å². The van der Waals surface area contributed by atoms with Crippen LogP contribution in [0.5, 0.6) is 0 Å². The lowest BCUT2D eigenvalue weighted by Crippen LogP contribution is -2.38. The maximum absolute atomic E-state index is 13.8. The van der Waals surface area contributed by atoms with Crippen LogP contribution < -0.4 is 5.32 Å². The Hall–Kier alpha value is -5.39. The van der Waals surface area contributed by atoms with Crippen LogP contribution in [0.4, 0.5) is 24.5 Å². The Morgan fingerprint density at radius 2 is 1.59 bits per heavy atom. The summed E-state index contributed by atoms with van der Waals surface area (Å²) in [5, 5.41) is 14.9. The quantitative estimate of drug-likeness (QED) is 0.0765. The fourth-order valence-corrected chi connectivity index (χ4v) is 4.63. The number of amides is 1. The minimum atomic E-state index is -4.90. The van der Waals surface area contributed by atoms with Crippen LogP contribution in [0.1, 0.15) is 37.9 Å². The number of cyclic esters (lactones) is 1. The van der Waals surface area contributed by atoms with E-state index in [4.69, 9.17) is 4.74 Å². The highest BCUT2D eigenvalue weighted by molar-refractivity contribution is 6.45. The summed E-state index contributed by atoms with van der Waals surface area (Å²) >= 11 is 0. The molecule has 2 atom stereocenters. The van der Waals surface area contributed by atoms with Gasteiger partial charge in [-0.15, -0.1) is 0 Å². The van der Waals surface area contributed by atoms with E-state index >= 15 is 0 Å². The first kappa shape index (κ1) is 27.2. The minimum Gasteiger partial charge on any atom is -0.453 e. The van der Waals surface area contributed by atoms with E-state index in [1.54, 1.807) is 42.5 Å². The van der Waals surface area contributed by atoms with Crippen LogP contribution in [0.3, 0.4) is 0 Å². The highest BCUT2D eigenvalue weighted by Crippen LogP contribution is 2.39. The Balaban J connectivity index is 1.54. The van der Waals surface area contributed by atoms with Gasteiger partial charge in [0.2, 0.25) is 5.78 Å². The van der Waals surface area contributed by atoms with Crippen LogP contribution in [0.2, 0.25) is 0 Å². The summed E-state index contributed by atoms with van der Waals surface area (Å²) in [6.07, 6.45) is -6.40. The first-order chi connectivity index (χ1) is 19.5. The third-order valence-electron chi connectivity index (χ3n) is 6.62. The number of ketones is 2. The van der Waals surface area contributed by atoms with Crippen LogP contribution in [-0.2, 0) is 20.5 Å². The average molecular weight is 562 g/mol. The molecule has 0 saturated carbocycles. The molecule has 4 aromatic rings. The molecule has 0 unspecified atom stereocenters. The Kier molecular flexibility index (Phi) is 6.83. The molecule has 5 rings (SSSR count). The lowest BCUT2D eigenvalue weighted by atomic mass is 9.84. The molecule has 0 aliphatic carbocycles. The molecule has 0 radical (unpaired) electrons. The number of carbonyl (C=O) groups excluding carboxylic acids is 4. The van der Waals surface area contributed by atoms with Gasteiger partial charge in [-0.05, 0) is 35.0 Å². The van der Waals surface area contributed by atoms with E-state index in [-0.39, 0.29) is 22.8 Å². The Morgan fingerprint density at radius 3 is 2.29 bits per heavy atom. The second kappa shape index (κ2) is 10.3. The fraction of sp³-hybridized carbons (Fsp3) is 0.103. The molecule has 0 saturated heterocycles. The molecule has 0 aromatic heterocycles. The first-order valence-electron chi connectivity index (χ1n) is 12.0. The maximum Gasteiger partial charge on any atom is 0.416 e. The molecule has 0 bridgehead atoms. The zero-order chi connectivity index (χ0) is 29.5. The van der Waals surface area contributed by atoms with Crippen molar-refractivity contribution < 1.29 is 42.0 Å². The molecule has 4 aromatic carbocycles. The van der Waals surface area contributed by atoms with Gasteiger partial charge in [-0.3, -0.25) is 24.5 Å². The molecule has 0 spiro atoms. The van der Waals surface area contributed by atoms with Gasteiger partial charge in [-0.1, -0.05) is 54.6 Å². The second-order valence-electron chi connectivity index (χ2n) is 9.12. The van der Waals surface area contributed by atoms with Crippen molar-refractivity contribution in [3.05, 3.63) is 117 Å². The SMILES string of the molecule is O=C(Nc1ccc(C(F)(F)F)cc1[N+](=O)[O-])C(=O)[C@@H](C(=O)c1ccc2ccccc2c1)[C@H]1OC(=O)c2ccccc21. The van der Waals surface area contributed by atoms with Gasteiger partial charge < -0.3 is 10.1 Å². The number of esters is 1. The third-order valence-corrected chi connectivity index (χ3v) is 6.62. The maximum atomic E-state index is 13.8. The fourth-order valence-electron chi connectivity index (χ4n) is 4.63. The predicted molar refractivity (Wildman–Crippen MR) is 138 cm³/mol. The number of hydrogen-bond donors (Lipinski definition) is 1. The Labute approximate surface area is 228 Å². The number of anilines is 1. The van der Waals surface area contributed by atoms with E-state index in [0.29, 0.717) is 17.5 Å². The zero-order valence-electron chi connectivity index (χ0n) is 20.7. The monoisotopic (exact) mass is 562 g/mol. The molecule has 1 amide bonds. The molecule has 1 aliphatic rings. The van der Waals surface area contributed by atoms with Gasteiger partial charge in [0.1, 0.15) is 17.7 Å². The summed E-state index contributed by atoms with van der Waals surface area (Å²) in [5.74, 6) is -6.53. The van der Waals surface area contributed by atoms with Crippen LogP contribution >= 0.6 is 0 Å². The van der Waals surface area contributed by atoms with Gasteiger partial charge in [0, 0.05) is 17.2 Å². The van der Waals surface area contributed by atoms with Crippen LogP contribution in [0.15, 0.2) is 84.9 Å². The lowest BCUT2D eigenvalue weighted by molar-refractivity contribution is -0.384. The van der Waals surface area contributed by atoms with Crippen molar-refractivity contribution in [2.24, 2.45) is 5.92 Å². The van der Waals surface area contributed by atoms with Gasteiger partial charge in [0.05, 0.1) is 16.1 Å². The summed E-state index contributed by atoms with van der Waals surface area (Å²) in [6, 6.07) is 18.9. The van der Waals surface area contributed by atoms with Crippen LogP contribution in [-0.4, -0.2) is 28.4 Å². The molecule has 1 heterocycles. The largest absolute Gasteiger partial charge is 0.453 e. The second-order valence-corrected chi connectivity index (χ2v) is 9.12. The summed E-state index contributed by atoms with van der Waals surface area (Å²) in [4.78, 5) is 63.3. The normalized spacial score (nSPS) is 15.1. The molecule has 0 fully saturated rings. The third kappa shape index (κ3) is 5.14. The average Bonchev–Trinajstić information content (AvgIpc) is 3.28. The van der Waals surface area contributed by atoms with Gasteiger partial charge in [-0.2, -0.15) is 13.2 Å². The highest BCUT2D eigenvalue weighted by Gasteiger charge is 2.46. The number of halogens is 3. The van der Waals surface area contributed by atoms with Crippen molar-refractivity contribution >= 4 is 45.6 Å². The van der Waals surface area contributed by atoms with Crippen molar-refractivity contribution in [2.75, 3.05) is 5.32 Å². The first-order valence-corrected chi connectivity index (χ1v) is 12.0. The number of Topliss-reactive ketones (excluding diaryl/α,β-unsaturated/α-hetero) is 2. The number of carbonyl (C=O) groups is 4. The zero-order valence-corrected chi connectivity index (χ0v) is 20.7. The van der Waals surface area contributed by atoms with Crippen molar-refractivity contribution in [1.82, 2.24) is 0 Å². The number of alkyl halides is 3. The van der Waals surface area contributed by atoms with E-state index < -0.39 is 63.5 Å². The molecule has 9 nitrogen and oxygen atoms in total. The van der Waals surface area contributed by atoms with Crippen LogP contribution in [0, 0.1) is 16.0 Å². The summed E-state index contributed by atoms with van der Waals surface area (Å²) in [5.41, 5.74) is -2.86.